The molecule has 0 amide bonds. The number of aryl methyl sites for hydroxylation is 1. The van der Waals surface area contributed by atoms with Crippen molar-refractivity contribution >= 4 is 34.4 Å². The van der Waals surface area contributed by atoms with Gasteiger partial charge in [-0.2, -0.15) is 4.58 Å². The molecule has 5 heteroatoms. The van der Waals surface area contributed by atoms with Crippen LogP contribution in [0.4, 0.5) is 22.7 Å². The van der Waals surface area contributed by atoms with Crippen LogP contribution < -0.4 is 9.80 Å². The Morgan fingerprint density at radius 1 is 0.800 bits per heavy atom. The molecule has 7 rings (SSSR count). The maximum absolute atomic E-state index is 11.8. The molecule has 0 saturated heterocycles. The summed E-state index contributed by atoms with van der Waals surface area (Å²) in [4.78, 5) is 16.5. The lowest BCUT2D eigenvalue weighted by atomic mass is 9.80. The molecular weight excluding hydrogens is 615 g/mol. The summed E-state index contributed by atoms with van der Waals surface area (Å²) in [5.41, 5.74) is 14.2. The van der Waals surface area contributed by atoms with Crippen LogP contribution in [0.2, 0.25) is 0 Å². The molecule has 5 nitrogen and oxygen atoms in total. The van der Waals surface area contributed by atoms with Gasteiger partial charge in [0.2, 0.25) is 5.69 Å². The second-order valence-corrected chi connectivity index (χ2v) is 14.8. The Hall–Kier alpha value is -5.42. The Kier molecular flexibility index (Phi) is 8.26. The number of aromatic carboxylic acids is 1. The topological polar surface area (TPSA) is 46.8 Å². The fourth-order valence-electron chi connectivity index (χ4n) is 8.16. The minimum absolute atomic E-state index is 0.123. The molecule has 1 N–H and O–H groups in total. The molecule has 0 unspecified atom stereocenters. The third-order valence-electron chi connectivity index (χ3n) is 10.9. The van der Waals surface area contributed by atoms with Crippen LogP contribution in [0.3, 0.4) is 0 Å². The minimum atomic E-state index is -0.904. The number of para-hydroxylation sites is 2. The molecule has 2 aliphatic heterocycles. The molecule has 1 aliphatic carbocycles. The van der Waals surface area contributed by atoms with Crippen LogP contribution in [0, 0.1) is 6.92 Å². The number of likely N-dealkylation sites (N-methyl/N-ethyl adjacent to an activating group) is 1. The van der Waals surface area contributed by atoms with E-state index >= 15 is 0 Å². The highest BCUT2D eigenvalue weighted by Gasteiger charge is 2.43. The Labute approximate surface area is 296 Å². The molecule has 0 bridgehead atoms. The predicted molar refractivity (Wildman–Crippen MR) is 206 cm³/mol. The third kappa shape index (κ3) is 5.51. The van der Waals surface area contributed by atoms with E-state index in [9.17, 15) is 9.90 Å². The summed E-state index contributed by atoms with van der Waals surface area (Å²) >= 11 is 0. The van der Waals surface area contributed by atoms with Crippen molar-refractivity contribution in [3.8, 4) is 0 Å². The highest BCUT2D eigenvalue weighted by atomic mass is 16.4. The van der Waals surface area contributed by atoms with E-state index in [1.165, 1.54) is 39.4 Å². The first kappa shape index (κ1) is 33.1. The van der Waals surface area contributed by atoms with Gasteiger partial charge in [-0.1, -0.05) is 74.0 Å². The summed E-state index contributed by atoms with van der Waals surface area (Å²) in [5.74, 6) is -0.904. The van der Waals surface area contributed by atoms with Gasteiger partial charge in [-0.05, 0) is 105 Å². The molecule has 0 saturated carbocycles. The van der Waals surface area contributed by atoms with Crippen LogP contribution in [0.25, 0.3) is 0 Å². The zero-order chi connectivity index (χ0) is 35.4. The molecule has 4 aromatic rings. The van der Waals surface area contributed by atoms with Crippen LogP contribution in [-0.2, 0) is 10.8 Å². The van der Waals surface area contributed by atoms with E-state index in [4.69, 9.17) is 0 Å². The molecule has 0 fully saturated rings. The van der Waals surface area contributed by atoms with E-state index in [1.807, 2.05) is 12.1 Å². The summed E-state index contributed by atoms with van der Waals surface area (Å²) in [6, 6.07) is 33.5. The summed E-state index contributed by atoms with van der Waals surface area (Å²) in [6.45, 7) is 11.2. The van der Waals surface area contributed by atoms with Crippen molar-refractivity contribution in [2.24, 2.45) is 0 Å². The van der Waals surface area contributed by atoms with Gasteiger partial charge in [-0.25, -0.2) is 4.79 Å². The average molecular weight is 661 g/mol. The molecule has 252 valence electrons. The number of allylic oxidation sites excluding steroid dienone is 7. The van der Waals surface area contributed by atoms with Crippen LogP contribution in [0.15, 0.2) is 144 Å². The number of hydrogen-bond donors (Lipinski definition) is 1. The second kappa shape index (κ2) is 12.5. The number of hydrogen-bond acceptors (Lipinski definition) is 3. The number of carbonyl (C=O) groups is 1. The van der Waals surface area contributed by atoms with E-state index in [1.54, 1.807) is 6.07 Å². The first-order valence-electron chi connectivity index (χ1n) is 17.5. The second-order valence-electron chi connectivity index (χ2n) is 14.8. The first-order chi connectivity index (χ1) is 23.9. The van der Waals surface area contributed by atoms with Crippen LogP contribution >= 0.6 is 0 Å². The minimum Gasteiger partial charge on any atom is -0.478 e. The van der Waals surface area contributed by atoms with Gasteiger partial charge in [-0.15, -0.1) is 0 Å². The first-order valence-corrected chi connectivity index (χ1v) is 17.5. The number of anilines is 3. The lowest BCUT2D eigenvalue weighted by Crippen LogP contribution is -2.26. The van der Waals surface area contributed by atoms with Crippen molar-refractivity contribution in [1.82, 2.24) is 0 Å². The van der Waals surface area contributed by atoms with Gasteiger partial charge in [-0.3, -0.25) is 0 Å². The normalized spacial score (nSPS) is 19.2. The van der Waals surface area contributed by atoms with Gasteiger partial charge < -0.3 is 14.9 Å². The van der Waals surface area contributed by atoms with Crippen LogP contribution in [0.1, 0.15) is 67.6 Å². The molecule has 0 atom stereocenters. The van der Waals surface area contributed by atoms with Gasteiger partial charge >= 0.3 is 5.97 Å². The summed E-state index contributed by atoms with van der Waals surface area (Å²) < 4.78 is 2.35. The number of carboxylic acid groups (broad SMARTS) is 1. The molecular formula is C45H46N3O2+. The standard InChI is InChI=1S/C45H45N3O2/c1-30-18-24-38-36(28-30)44(2,3)40(46(38)6)26-22-31-19-20-32(42(31)48(34-14-10-8-11-15-34)35-16-12-9-13-17-35)23-27-41-45(4,5)37-29-33(43(49)50)21-25-39(37)47(41)7/h8-18,21-29H,19-20H2,1-7H3/p+1. The summed E-state index contributed by atoms with van der Waals surface area (Å²) in [6.07, 6.45) is 11.1. The predicted octanol–water partition coefficient (Wildman–Crippen LogP) is 10.4. The molecule has 0 aromatic heterocycles. The quantitative estimate of drug-likeness (QED) is 0.201. The van der Waals surface area contributed by atoms with E-state index < -0.39 is 5.97 Å². The van der Waals surface area contributed by atoms with Crippen LogP contribution in [0.5, 0.6) is 0 Å². The summed E-state index contributed by atoms with van der Waals surface area (Å²) in [7, 11) is 4.26. The van der Waals surface area contributed by atoms with Crippen molar-refractivity contribution < 1.29 is 14.5 Å². The zero-order valence-electron chi connectivity index (χ0n) is 30.2. The number of rotatable bonds is 7. The Bertz CT molecular complexity index is 2120. The SMILES string of the molecule is Cc1ccc2c(c1)C(C)(C)C(/C=C/C1=C(N(c3ccccc3)c3ccccc3)C(=C/C=C3\N(C)c4ccc(C(=O)O)cc4C3(C)C)/CC1)=[N+]2C. The third-order valence-corrected chi connectivity index (χ3v) is 10.9. The number of benzene rings is 4. The summed E-state index contributed by atoms with van der Waals surface area (Å²) in [5, 5.41) is 9.71. The van der Waals surface area contributed by atoms with Crippen molar-refractivity contribution in [3.63, 3.8) is 0 Å². The van der Waals surface area contributed by atoms with E-state index in [2.05, 4.69) is 166 Å². The zero-order valence-corrected chi connectivity index (χ0v) is 30.2. The number of carboxylic acids is 1. The van der Waals surface area contributed by atoms with Gasteiger partial charge in [0.1, 0.15) is 7.05 Å². The highest BCUT2D eigenvalue weighted by molar-refractivity contribution is 6.03. The molecule has 2 heterocycles. The number of nitrogens with zero attached hydrogens (tertiary/aromatic N) is 3. The van der Waals surface area contributed by atoms with Gasteiger partial charge in [0.05, 0.1) is 16.7 Å². The molecule has 3 aliphatic rings. The highest BCUT2D eigenvalue weighted by Crippen LogP contribution is 2.48. The number of fused-ring (bicyclic) bond motifs is 2. The fraction of sp³-hybridized carbons (Fsp3) is 0.244. The van der Waals surface area contributed by atoms with Crippen molar-refractivity contribution in [2.45, 2.75) is 58.3 Å². The Morgan fingerprint density at radius 3 is 2.10 bits per heavy atom. The lowest BCUT2D eigenvalue weighted by Gasteiger charge is -2.29. The fourth-order valence-corrected chi connectivity index (χ4v) is 8.16. The Balaban J connectivity index is 1.37. The van der Waals surface area contributed by atoms with E-state index in [0.29, 0.717) is 5.56 Å². The molecule has 0 radical (unpaired) electrons. The maximum Gasteiger partial charge on any atom is 0.335 e. The van der Waals surface area contributed by atoms with E-state index in [-0.39, 0.29) is 10.8 Å². The monoisotopic (exact) mass is 660 g/mol. The smallest absolute Gasteiger partial charge is 0.335 e. The largest absolute Gasteiger partial charge is 0.478 e. The van der Waals surface area contributed by atoms with Gasteiger partial charge in [0.25, 0.3) is 0 Å². The van der Waals surface area contributed by atoms with Crippen LogP contribution in [-0.4, -0.2) is 35.5 Å². The van der Waals surface area contributed by atoms with Crippen molar-refractivity contribution in [3.05, 3.63) is 166 Å². The van der Waals surface area contributed by atoms with E-state index in [0.717, 1.165) is 41.2 Å². The lowest BCUT2D eigenvalue weighted by molar-refractivity contribution is -0.401. The average Bonchev–Trinajstić information content (AvgIpc) is 3.64. The molecule has 4 aromatic carbocycles. The van der Waals surface area contributed by atoms with Crippen molar-refractivity contribution in [2.75, 3.05) is 23.9 Å². The molecule has 50 heavy (non-hydrogen) atoms. The van der Waals surface area contributed by atoms with Crippen molar-refractivity contribution in [1.29, 1.82) is 0 Å². The maximum atomic E-state index is 11.8. The molecule has 0 spiro atoms. The Morgan fingerprint density at radius 2 is 1.46 bits per heavy atom. The van der Waals surface area contributed by atoms with Gasteiger partial charge in [0, 0.05) is 52.9 Å². The van der Waals surface area contributed by atoms with Gasteiger partial charge in [0.15, 0.2) is 5.71 Å².